The molecular formula is C47H36BN2. The van der Waals surface area contributed by atoms with Gasteiger partial charge in [-0.25, -0.2) is 0 Å². The summed E-state index contributed by atoms with van der Waals surface area (Å²) in [4.78, 5) is 4.04. The van der Waals surface area contributed by atoms with Crippen molar-refractivity contribution in [3.05, 3.63) is 149 Å². The fraction of sp³-hybridized carbons (Fsp3) is 0.149. The van der Waals surface area contributed by atoms with Gasteiger partial charge in [0, 0.05) is 55.2 Å². The first-order valence-electron chi connectivity index (χ1n) is 17.9. The molecule has 237 valence electrons. The van der Waals surface area contributed by atoms with Gasteiger partial charge in [-0.15, -0.1) is 0 Å². The van der Waals surface area contributed by atoms with Crippen molar-refractivity contribution in [3.8, 4) is 50.3 Å². The number of rotatable bonds is 2. The summed E-state index contributed by atoms with van der Waals surface area (Å²) < 4.78 is 2.61. The number of nitrogens with one attached hydrogen (secondary N) is 1. The number of hydrogen-bond donors (Lipinski definition) is 1. The number of para-hydroxylation sites is 2. The molecule has 0 spiro atoms. The van der Waals surface area contributed by atoms with Gasteiger partial charge in [-0.05, 0) is 69.0 Å². The van der Waals surface area contributed by atoms with E-state index >= 15 is 0 Å². The standard InChI is InChI=1S/C47H36BN2/c1-26-14-6-7-15-28(26)27-24-34(29-18-12-19-32-39-30-16-8-10-21-35(30)47(4,5)45(39)49-42(29)32)41-38(25-27)50-43-33(20-13-23-37(43)48-41)40-44(50)31-17-9-11-22-36(31)46(40,2)3/h6-25,49H,1-5H3. The van der Waals surface area contributed by atoms with Crippen LogP contribution < -0.4 is 10.9 Å². The third kappa shape index (κ3) is 3.36. The van der Waals surface area contributed by atoms with Crippen molar-refractivity contribution in [2.24, 2.45) is 0 Å². The molecule has 3 heterocycles. The third-order valence-corrected chi connectivity index (χ3v) is 12.3. The molecule has 50 heavy (non-hydrogen) atoms. The van der Waals surface area contributed by atoms with Crippen LogP contribution in [0.25, 0.3) is 72.1 Å². The van der Waals surface area contributed by atoms with Gasteiger partial charge < -0.3 is 9.55 Å². The molecule has 11 rings (SSSR count). The number of benzene rings is 6. The molecule has 1 N–H and O–H groups in total. The number of aryl methyl sites for hydroxylation is 1. The van der Waals surface area contributed by atoms with Crippen LogP contribution in [0.1, 0.15) is 55.6 Å². The van der Waals surface area contributed by atoms with Crippen molar-refractivity contribution < 1.29 is 0 Å². The van der Waals surface area contributed by atoms with Crippen LogP contribution >= 0.6 is 0 Å². The minimum atomic E-state index is -0.104. The first kappa shape index (κ1) is 28.3. The number of nitrogens with zero attached hydrogens (tertiary/aromatic N) is 1. The molecule has 3 aliphatic rings. The minimum absolute atomic E-state index is 0.103. The summed E-state index contributed by atoms with van der Waals surface area (Å²) in [6.07, 6.45) is 0. The highest BCUT2D eigenvalue weighted by Crippen LogP contribution is 2.55. The van der Waals surface area contributed by atoms with E-state index in [9.17, 15) is 0 Å². The molecule has 0 atom stereocenters. The smallest absolute Gasteiger partial charge is 0.197 e. The second kappa shape index (κ2) is 9.37. The average molecular weight is 640 g/mol. The van der Waals surface area contributed by atoms with E-state index in [1.165, 1.54) is 111 Å². The van der Waals surface area contributed by atoms with Crippen molar-refractivity contribution in [1.82, 2.24) is 9.55 Å². The van der Waals surface area contributed by atoms with E-state index in [2.05, 4.69) is 173 Å². The van der Waals surface area contributed by atoms with Gasteiger partial charge in [0.2, 0.25) is 0 Å². The number of aromatic nitrogens is 2. The monoisotopic (exact) mass is 639 g/mol. The Balaban J connectivity index is 1.27. The summed E-state index contributed by atoms with van der Waals surface area (Å²) in [6, 6.07) is 45.5. The fourth-order valence-electron chi connectivity index (χ4n) is 9.95. The van der Waals surface area contributed by atoms with E-state index < -0.39 is 0 Å². The molecule has 2 aromatic heterocycles. The van der Waals surface area contributed by atoms with Gasteiger partial charge in [0.15, 0.2) is 7.28 Å². The van der Waals surface area contributed by atoms with Crippen LogP contribution in [0.5, 0.6) is 0 Å². The molecule has 0 unspecified atom stereocenters. The maximum absolute atomic E-state index is 4.04. The van der Waals surface area contributed by atoms with Crippen LogP contribution in [-0.2, 0) is 10.8 Å². The van der Waals surface area contributed by atoms with E-state index in [0.717, 1.165) is 0 Å². The molecule has 0 fully saturated rings. The zero-order chi connectivity index (χ0) is 33.7. The van der Waals surface area contributed by atoms with Crippen molar-refractivity contribution in [1.29, 1.82) is 0 Å². The van der Waals surface area contributed by atoms with Gasteiger partial charge in [0.1, 0.15) is 0 Å². The molecule has 3 heteroatoms. The van der Waals surface area contributed by atoms with Gasteiger partial charge in [0.25, 0.3) is 0 Å². The van der Waals surface area contributed by atoms with Gasteiger partial charge in [-0.2, -0.15) is 0 Å². The first-order chi connectivity index (χ1) is 24.2. The topological polar surface area (TPSA) is 20.7 Å². The van der Waals surface area contributed by atoms with Gasteiger partial charge >= 0.3 is 0 Å². The second-order valence-electron chi connectivity index (χ2n) is 15.7. The molecule has 0 bridgehead atoms. The van der Waals surface area contributed by atoms with Crippen molar-refractivity contribution >= 4 is 40.0 Å². The van der Waals surface area contributed by atoms with Gasteiger partial charge in [-0.3, -0.25) is 0 Å². The highest BCUT2D eigenvalue weighted by molar-refractivity contribution is 6.73. The lowest BCUT2D eigenvalue weighted by Gasteiger charge is -2.26. The molecule has 1 aliphatic heterocycles. The molecule has 2 aliphatic carbocycles. The first-order valence-corrected chi connectivity index (χ1v) is 17.9. The van der Waals surface area contributed by atoms with Crippen molar-refractivity contribution in [2.45, 2.75) is 45.4 Å². The Kier molecular flexibility index (Phi) is 5.31. The molecule has 2 nitrogen and oxygen atoms in total. The Labute approximate surface area is 293 Å². The van der Waals surface area contributed by atoms with Crippen LogP contribution in [0.3, 0.4) is 0 Å². The predicted octanol–water partition coefficient (Wildman–Crippen LogP) is 10.3. The number of hydrogen-bond acceptors (Lipinski definition) is 0. The third-order valence-electron chi connectivity index (χ3n) is 12.3. The molecule has 1 radical (unpaired) electrons. The summed E-state index contributed by atoms with van der Waals surface area (Å²) >= 11 is 0. The maximum atomic E-state index is 4.04. The summed E-state index contributed by atoms with van der Waals surface area (Å²) in [5.41, 5.74) is 23.3. The van der Waals surface area contributed by atoms with Gasteiger partial charge in [-0.1, -0.05) is 142 Å². The highest BCUT2D eigenvalue weighted by Gasteiger charge is 2.43. The lowest BCUT2D eigenvalue weighted by atomic mass is 9.58. The molecule has 0 amide bonds. The van der Waals surface area contributed by atoms with E-state index in [1.807, 2.05) is 0 Å². The van der Waals surface area contributed by atoms with Crippen LogP contribution in [0.4, 0.5) is 0 Å². The van der Waals surface area contributed by atoms with Crippen LogP contribution in [0.2, 0.25) is 0 Å². The van der Waals surface area contributed by atoms with Crippen molar-refractivity contribution in [3.63, 3.8) is 0 Å². The Morgan fingerprint density at radius 1 is 0.600 bits per heavy atom. The quantitative estimate of drug-likeness (QED) is 0.182. The number of aromatic amines is 1. The molecule has 6 aromatic carbocycles. The Hall–Kier alpha value is -5.54. The van der Waals surface area contributed by atoms with Gasteiger partial charge in [0.05, 0.1) is 11.2 Å². The zero-order valence-corrected chi connectivity index (χ0v) is 29.1. The Bertz CT molecular complexity index is 2800. The maximum Gasteiger partial charge on any atom is 0.197 e. The van der Waals surface area contributed by atoms with E-state index in [-0.39, 0.29) is 10.8 Å². The predicted molar refractivity (Wildman–Crippen MR) is 211 cm³/mol. The Morgan fingerprint density at radius 2 is 1.26 bits per heavy atom. The average Bonchev–Trinajstić information content (AvgIpc) is 3.82. The van der Waals surface area contributed by atoms with Crippen LogP contribution in [0.15, 0.2) is 121 Å². The Morgan fingerprint density at radius 3 is 2.06 bits per heavy atom. The molecule has 0 saturated heterocycles. The van der Waals surface area contributed by atoms with E-state index in [0.29, 0.717) is 0 Å². The fourth-order valence-corrected chi connectivity index (χ4v) is 9.95. The summed E-state index contributed by atoms with van der Waals surface area (Å²) in [7, 11) is 2.46. The van der Waals surface area contributed by atoms with Crippen LogP contribution in [-0.4, -0.2) is 16.8 Å². The zero-order valence-electron chi connectivity index (χ0n) is 29.1. The normalized spacial score (nSPS) is 15.4. The highest BCUT2D eigenvalue weighted by atomic mass is 15.0. The number of fused-ring (bicyclic) bond motifs is 12. The lowest BCUT2D eigenvalue weighted by molar-refractivity contribution is 0.642. The lowest BCUT2D eigenvalue weighted by Crippen LogP contribution is -2.37. The number of H-pyrrole nitrogens is 1. The molecular weight excluding hydrogens is 603 g/mol. The van der Waals surface area contributed by atoms with E-state index in [4.69, 9.17) is 0 Å². The summed E-state index contributed by atoms with van der Waals surface area (Å²) in [5, 5.41) is 2.65. The summed E-state index contributed by atoms with van der Waals surface area (Å²) in [6.45, 7) is 11.7. The van der Waals surface area contributed by atoms with Crippen LogP contribution in [0, 0.1) is 6.92 Å². The molecule has 0 saturated carbocycles. The van der Waals surface area contributed by atoms with Crippen molar-refractivity contribution in [2.75, 3.05) is 0 Å². The van der Waals surface area contributed by atoms with E-state index in [1.54, 1.807) is 0 Å². The summed E-state index contributed by atoms with van der Waals surface area (Å²) in [5.74, 6) is 0. The SMILES string of the molecule is Cc1ccccc1-c1cc(-c2cccc3c4c([nH]c23)C(C)(C)c2ccccc2-4)c2c(c1)-n1c3c(c4cccc(c41)[B]2)C(C)(C)c1ccccc1-3. The largest absolute Gasteiger partial charge is 0.357 e. The minimum Gasteiger partial charge on any atom is -0.357 e. The molecule has 8 aromatic rings. The second-order valence-corrected chi connectivity index (χ2v) is 15.7.